The summed E-state index contributed by atoms with van der Waals surface area (Å²) < 4.78 is 11.4. The number of nitrogens with one attached hydrogen (secondary N) is 1. The molecule has 3 aliphatic rings. The van der Waals surface area contributed by atoms with Crippen LogP contribution in [0.25, 0.3) is 32.4 Å². The number of rotatable bonds is 5. The Hall–Kier alpha value is -3.13. The normalized spacial score (nSPS) is 33.8. The van der Waals surface area contributed by atoms with Gasteiger partial charge in [0.05, 0.1) is 29.3 Å². The molecule has 7 rings (SSSR count). The van der Waals surface area contributed by atoms with Crippen molar-refractivity contribution in [2.75, 3.05) is 6.61 Å². The Morgan fingerprint density at radius 3 is 2.35 bits per heavy atom. The first kappa shape index (κ1) is 28.6. The number of benzene rings is 3. The van der Waals surface area contributed by atoms with Gasteiger partial charge in [-0.3, -0.25) is 0 Å². The van der Waals surface area contributed by atoms with Crippen LogP contribution >= 0.6 is 0 Å². The van der Waals surface area contributed by atoms with Crippen molar-refractivity contribution in [3.05, 3.63) is 54.2 Å². The molecule has 8 N–H and O–H groups in total. The summed E-state index contributed by atoms with van der Waals surface area (Å²) in [6.07, 6.45) is -5.16. The summed E-state index contributed by atoms with van der Waals surface area (Å²) in [5, 5.41) is 81.0. The van der Waals surface area contributed by atoms with Crippen LogP contribution < -0.4 is 4.74 Å². The molecule has 3 fully saturated rings. The molecule has 43 heavy (non-hydrogen) atoms. The highest BCUT2D eigenvalue weighted by Gasteiger charge is 2.75. The summed E-state index contributed by atoms with van der Waals surface area (Å²) in [4.78, 5) is 16.7. The number of carbonyl (C=O) groups excluding carboxylic acids is 1. The zero-order valence-electron chi connectivity index (χ0n) is 23.3. The van der Waals surface area contributed by atoms with Gasteiger partial charge in [-0.1, -0.05) is 43.2 Å². The number of esters is 1. The molecule has 0 bridgehead atoms. The summed E-state index contributed by atoms with van der Waals surface area (Å²) in [6.45, 7) is -1.13. The van der Waals surface area contributed by atoms with Gasteiger partial charge in [-0.2, -0.15) is 0 Å². The van der Waals surface area contributed by atoms with Crippen LogP contribution in [-0.2, 0) is 16.1 Å². The van der Waals surface area contributed by atoms with E-state index in [1.54, 1.807) is 6.07 Å². The number of ether oxygens (including phenoxy) is 2. The van der Waals surface area contributed by atoms with Crippen LogP contribution in [-0.4, -0.2) is 89.1 Å². The summed E-state index contributed by atoms with van der Waals surface area (Å²) in [5.41, 5.74) is -2.51. The third kappa shape index (κ3) is 3.87. The lowest BCUT2D eigenvalue weighted by molar-refractivity contribution is -0.330. The van der Waals surface area contributed by atoms with Crippen molar-refractivity contribution in [3.8, 4) is 5.75 Å². The zero-order valence-corrected chi connectivity index (χ0v) is 23.3. The van der Waals surface area contributed by atoms with Crippen molar-refractivity contribution in [2.24, 2.45) is 11.3 Å². The van der Waals surface area contributed by atoms with E-state index in [0.717, 1.165) is 34.4 Å². The first-order valence-corrected chi connectivity index (χ1v) is 14.6. The molecule has 2 heterocycles. The largest absolute Gasteiger partial charge is 0.422 e. The van der Waals surface area contributed by atoms with Crippen LogP contribution in [0.2, 0.25) is 0 Å². The highest BCUT2D eigenvalue weighted by atomic mass is 16.7. The number of fused-ring (bicyclic) bond motifs is 4. The first-order chi connectivity index (χ1) is 20.6. The predicted octanol–water partition coefficient (Wildman–Crippen LogP) is 1.35. The molecule has 11 heteroatoms. The Labute approximate surface area is 245 Å². The molecule has 11 nitrogen and oxygen atoms in total. The zero-order chi connectivity index (χ0) is 30.3. The number of hydrogen-bond acceptors (Lipinski definition) is 10. The Morgan fingerprint density at radius 1 is 0.977 bits per heavy atom. The van der Waals surface area contributed by atoms with Gasteiger partial charge < -0.3 is 50.2 Å². The maximum atomic E-state index is 13.6. The van der Waals surface area contributed by atoms with Crippen LogP contribution in [0.3, 0.4) is 0 Å². The minimum absolute atomic E-state index is 0.00254. The fraction of sp³-hybridized carbons (Fsp3) is 0.469. The van der Waals surface area contributed by atoms with E-state index in [1.807, 2.05) is 42.5 Å². The fourth-order valence-electron chi connectivity index (χ4n) is 8.18. The van der Waals surface area contributed by atoms with E-state index < -0.39 is 72.7 Å². The third-order valence-electron chi connectivity index (χ3n) is 10.4. The van der Waals surface area contributed by atoms with Gasteiger partial charge in [0.2, 0.25) is 5.79 Å². The smallest absolute Gasteiger partial charge is 0.343 e. The number of aromatic amines is 1. The van der Waals surface area contributed by atoms with Crippen molar-refractivity contribution < 1.29 is 50.0 Å². The first-order valence-electron chi connectivity index (χ1n) is 14.6. The fourth-order valence-corrected chi connectivity index (χ4v) is 8.18. The lowest BCUT2D eigenvalue weighted by atomic mass is 9.69. The van der Waals surface area contributed by atoms with Gasteiger partial charge in [0.1, 0.15) is 17.8 Å². The van der Waals surface area contributed by atoms with E-state index in [4.69, 9.17) is 9.47 Å². The predicted molar refractivity (Wildman–Crippen MR) is 154 cm³/mol. The van der Waals surface area contributed by atoms with Crippen LogP contribution in [0.1, 0.15) is 37.8 Å². The number of aliphatic hydroxyl groups is 7. The highest BCUT2D eigenvalue weighted by Crippen LogP contribution is 2.62. The Morgan fingerprint density at radius 2 is 1.67 bits per heavy atom. The van der Waals surface area contributed by atoms with Gasteiger partial charge in [0, 0.05) is 24.4 Å². The lowest BCUT2D eigenvalue weighted by Crippen LogP contribution is -2.64. The van der Waals surface area contributed by atoms with Crippen LogP contribution in [0.4, 0.5) is 0 Å². The number of aliphatic hydroxyl groups excluding tert-OH is 5. The summed E-state index contributed by atoms with van der Waals surface area (Å²) in [5.74, 6) is -5.16. The van der Waals surface area contributed by atoms with Crippen molar-refractivity contribution in [1.82, 2.24) is 4.98 Å². The molecule has 1 spiro atoms. The van der Waals surface area contributed by atoms with Gasteiger partial charge in [-0.05, 0) is 52.6 Å². The standard InChI is InChI=1S/C32H35NO10/c34-14-21-26(24-19-12-17-6-2-1-5-16(17)11-18(19)7-8-20(24)33-21)42-29(39)27-25(37)28(38)32(41,43-27)31(40)13-23(36)30(22(31)15-35)9-3-4-10-30/h1-2,5-8,11-12,22-23,25,27-28,33-38,40-41H,3-4,9-10,13-15H2/t22-,23-,25-,27+,28+,31-,32+/m0/s1. The van der Waals surface area contributed by atoms with E-state index in [1.165, 1.54) is 0 Å². The third-order valence-corrected chi connectivity index (χ3v) is 10.4. The quantitative estimate of drug-likeness (QED) is 0.124. The van der Waals surface area contributed by atoms with E-state index in [-0.39, 0.29) is 11.4 Å². The summed E-state index contributed by atoms with van der Waals surface area (Å²) in [7, 11) is 0. The highest BCUT2D eigenvalue weighted by molar-refractivity contribution is 6.14. The number of carbonyl (C=O) groups is 1. The van der Waals surface area contributed by atoms with Crippen LogP contribution in [0.5, 0.6) is 5.75 Å². The molecule has 228 valence electrons. The van der Waals surface area contributed by atoms with Crippen molar-refractivity contribution in [2.45, 2.75) is 74.5 Å². The SMILES string of the molecule is O=C(Oc1c(CO)[nH]c2ccc3cc4ccccc4cc3c12)[C@@H]1O[C@@](O)([C@]2(O)C[C@H](O)C3(CCCC3)[C@@H]2CO)[C@H](O)[C@H]1O. The number of hydrogen-bond donors (Lipinski definition) is 8. The molecule has 2 saturated carbocycles. The molecule has 3 aromatic carbocycles. The molecular weight excluding hydrogens is 558 g/mol. The summed E-state index contributed by atoms with van der Waals surface area (Å²) >= 11 is 0. The average molecular weight is 594 g/mol. The second-order valence-corrected chi connectivity index (χ2v) is 12.4. The van der Waals surface area contributed by atoms with Gasteiger partial charge in [-0.15, -0.1) is 0 Å². The molecule has 4 aromatic rings. The monoisotopic (exact) mass is 593 g/mol. The maximum Gasteiger partial charge on any atom is 0.343 e. The molecule has 1 saturated heterocycles. The van der Waals surface area contributed by atoms with Crippen LogP contribution in [0, 0.1) is 11.3 Å². The van der Waals surface area contributed by atoms with Crippen LogP contribution in [0.15, 0.2) is 48.5 Å². The second kappa shape index (κ2) is 9.94. The van der Waals surface area contributed by atoms with Gasteiger partial charge >= 0.3 is 5.97 Å². The molecule has 2 aliphatic carbocycles. The number of aromatic nitrogens is 1. The molecule has 1 aromatic heterocycles. The number of H-pyrrole nitrogens is 1. The minimum Gasteiger partial charge on any atom is -0.422 e. The van der Waals surface area contributed by atoms with Gasteiger partial charge in [0.25, 0.3) is 0 Å². The molecule has 7 atom stereocenters. The minimum atomic E-state index is -2.90. The van der Waals surface area contributed by atoms with E-state index >= 15 is 0 Å². The molecule has 0 radical (unpaired) electrons. The molecular formula is C32H35NO10. The molecule has 0 unspecified atom stereocenters. The molecule has 0 amide bonds. The molecule has 1 aliphatic heterocycles. The topological polar surface area (TPSA) is 193 Å². The van der Waals surface area contributed by atoms with Crippen molar-refractivity contribution in [3.63, 3.8) is 0 Å². The maximum absolute atomic E-state index is 13.6. The van der Waals surface area contributed by atoms with Crippen molar-refractivity contribution in [1.29, 1.82) is 0 Å². The van der Waals surface area contributed by atoms with Crippen molar-refractivity contribution >= 4 is 38.4 Å². The second-order valence-electron chi connectivity index (χ2n) is 12.4. The Kier molecular flexibility index (Phi) is 6.62. The lowest BCUT2D eigenvalue weighted by Gasteiger charge is -2.45. The van der Waals surface area contributed by atoms with Gasteiger partial charge in [-0.25, -0.2) is 4.79 Å². The summed E-state index contributed by atoms with van der Waals surface area (Å²) in [6, 6.07) is 15.4. The average Bonchev–Trinajstić information content (AvgIpc) is 3.74. The Balaban J connectivity index is 1.25. The van der Waals surface area contributed by atoms with E-state index in [2.05, 4.69) is 4.98 Å². The Bertz CT molecular complexity index is 1730. The van der Waals surface area contributed by atoms with E-state index in [0.29, 0.717) is 23.7 Å². The van der Waals surface area contributed by atoms with E-state index in [9.17, 15) is 40.5 Å². The van der Waals surface area contributed by atoms with Gasteiger partial charge in [0.15, 0.2) is 11.9 Å².